The van der Waals surface area contributed by atoms with Crippen molar-refractivity contribution in [2.75, 3.05) is 12.4 Å². The molecule has 0 bridgehead atoms. The van der Waals surface area contributed by atoms with Crippen molar-refractivity contribution < 1.29 is 19.2 Å². The molecule has 3 aromatic rings. The van der Waals surface area contributed by atoms with Crippen LogP contribution < -0.4 is 14.8 Å². The topological polar surface area (TPSA) is 109 Å². The van der Waals surface area contributed by atoms with E-state index < -0.39 is 10.8 Å². The van der Waals surface area contributed by atoms with E-state index >= 15 is 0 Å². The minimum absolute atomic E-state index is 0.0409. The number of halogens is 2. The van der Waals surface area contributed by atoms with Gasteiger partial charge in [0.25, 0.3) is 11.6 Å². The Kier molecular flexibility index (Phi) is 6.35. The monoisotopic (exact) mass is 480 g/mol. The third-order valence-corrected chi connectivity index (χ3v) is 4.50. The van der Waals surface area contributed by atoms with Crippen molar-refractivity contribution >= 4 is 44.8 Å². The summed E-state index contributed by atoms with van der Waals surface area (Å²) in [6.07, 6.45) is 1.57. The Balaban J connectivity index is 1.68. The number of carbonyl (C=O) groups is 1. The van der Waals surface area contributed by atoms with Crippen LogP contribution in [0, 0.1) is 10.1 Å². The molecule has 11 heteroatoms. The number of non-ortho nitro benzene ring substituents is 1. The fourth-order valence-corrected chi connectivity index (χ4v) is 3.08. The van der Waals surface area contributed by atoms with Crippen molar-refractivity contribution in [2.24, 2.45) is 0 Å². The quantitative estimate of drug-likeness (QED) is 0.393. The van der Waals surface area contributed by atoms with E-state index in [1.807, 2.05) is 0 Å². The summed E-state index contributed by atoms with van der Waals surface area (Å²) < 4.78 is 12.9. The van der Waals surface area contributed by atoms with Crippen molar-refractivity contribution in [3.63, 3.8) is 0 Å². The number of methoxy groups -OCH3 is 1. The van der Waals surface area contributed by atoms with Crippen LogP contribution in [-0.2, 0) is 6.73 Å². The molecule has 1 amide bonds. The summed E-state index contributed by atoms with van der Waals surface area (Å²) in [6, 6.07) is 10.7. The highest BCUT2D eigenvalue weighted by atomic mass is 79.9. The number of hydrogen-bond donors (Lipinski definition) is 1. The van der Waals surface area contributed by atoms with Gasteiger partial charge in [0.1, 0.15) is 11.5 Å². The molecule has 2 aromatic carbocycles. The van der Waals surface area contributed by atoms with Crippen LogP contribution in [0.5, 0.6) is 11.5 Å². The van der Waals surface area contributed by atoms with E-state index in [0.717, 1.165) is 4.47 Å². The molecule has 0 saturated heterocycles. The Morgan fingerprint density at radius 3 is 2.79 bits per heavy atom. The zero-order valence-electron chi connectivity index (χ0n) is 15.0. The third kappa shape index (κ3) is 5.24. The van der Waals surface area contributed by atoms with Crippen LogP contribution in [0.1, 0.15) is 10.5 Å². The first-order chi connectivity index (χ1) is 13.9. The number of ether oxygens (including phenoxy) is 2. The molecule has 0 atom stereocenters. The Labute approximate surface area is 178 Å². The molecular formula is C18H14BrClN4O5. The number of carbonyl (C=O) groups excluding carboxylic acids is 1. The summed E-state index contributed by atoms with van der Waals surface area (Å²) in [5.41, 5.74) is 0.124. The molecule has 1 heterocycles. The fourth-order valence-electron chi connectivity index (χ4n) is 2.36. The first-order valence-corrected chi connectivity index (χ1v) is 9.29. The van der Waals surface area contributed by atoms with Crippen LogP contribution in [0.3, 0.4) is 0 Å². The summed E-state index contributed by atoms with van der Waals surface area (Å²) >= 11 is 9.41. The molecule has 1 N–H and O–H groups in total. The highest BCUT2D eigenvalue weighted by Crippen LogP contribution is 2.28. The second-order valence-corrected chi connectivity index (χ2v) is 7.04. The molecule has 150 valence electrons. The number of nitro groups is 1. The maximum atomic E-state index is 12.4. The van der Waals surface area contributed by atoms with E-state index in [1.54, 1.807) is 24.4 Å². The van der Waals surface area contributed by atoms with Gasteiger partial charge in [-0.2, -0.15) is 5.10 Å². The van der Waals surface area contributed by atoms with Gasteiger partial charge in [-0.3, -0.25) is 14.9 Å². The molecule has 0 aliphatic rings. The molecule has 3 rings (SSSR count). The standard InChI is InChI=1S/C18H14BrClN4O5/c1-28-14-8-12(7-13(9-14)24(26)27)21-18(25)16-4-5-23(22-16)10-29-17-3-2-11(19)6-15(17)20/h2-9H,10H2,1H3,(H,21,25). The summed E-state index contributed by atoms with van der Waals surface area (Å²) in [5.74, 6) is 0.188. The summed E-state index contributed by atoms with van der Waals surface area (Å²) in [5, 5.41) is 18.1. The Bertz CT molecular complexity index is 1070. The van der Waals surface area contributed by atoms with E-state index in [2.05, 4.69) is 26.3 Å². The molecule has 0 radical (unpaired) electrons. The lowest BCUT2D eigenvalue weighted by Crippen LogP contribution is -2.14. The van der Waals surface area contributed by atoms with Gasteiger partial charge >= 0.3 is 0 Å². The Hall–Kier alpha value is -3.11. The van der Waals surface area contributed by atoms with Gasteiger partial charge in [0.2, 0.25) is 0 Å². The maximum Gasteiger partial charge on any atom is 0.276 e. The molecule has 29 heavy (non-hydrogen) atoms. The third-order valence-electron chi connectivity index (χ3n) is 3.72. The van der Waals surface area contributed by atoms with Crippen LogP contribution in [0.4, 0.5) is 11.4 Å². The van der Waals surface area contributed by atoms with E-state index in [0.29, 0.717) is 10.8 Å². The van der Waals surface area contributed by atoms with Crippen molar-refractivity contribution in [2.45, 2.75) is 6.73 Å². The van der Waals surface area contributed by atoms with Gasteiger partial charge in [-0.1, -0.05) is 27.5 Å². The number of amides is 1. The summed E-state index contributed by atoms with van der Waals surface area (Å²) in [6.45, 7) is 0.0409. The molecular weight excluding hydrogens is 468 g/mol. The highest BCUT2D eigenvalue weighted by molar-refractivity contribution is 9.10. The van der Waals surface area contributed by atoms with Gasteiger partial charge in [0, 0.05) is 22.8 Å². The minimum Gasteiger partial charge on any atom is -0.496 e. The van der Waals surface area contributed by atoms with Gasteiger partial charge in [-0.25, -0.2) is 4.68 Å². The number of nitrogens with zero attached hydrogens (tertiary/aromatic N) is 3. The van der Waals surface area contributed by atoms with E-state index in [4.69, 9.17) is 21.1 Å². The second kappa shape index (κ2) is 8.93. The lowest BCUT2D eigenvalue weighted by atomic mass is 10.2. The summed E-state index contributed by atoms with van der Waals surface area (Å²) in [4.78, 5) is 22.8. The van der Waals surface area contributed by atoms with Gasteiger partial charge in [-0.15, -0.1) is 0 Å². The highest BCUT2D eigenvalue weighted by Gasteiger charge is 2.15. The Morgan fingerprint density at radius 2 is 2.10 bits per heavy atom. The van der Waals surface area contributed by atoms with Gasteiger partial charge in [0.15, 0.2) is 12.4 Å². The molecule has 0 spiro atoms. The molecule has 0 unspecified atom stereocenters. The average molecular weight is 482 g/mol. The van der Waals surface area contributed by atoms with Gasteiger partial charge in [-0.05, 0) is 24.3 Å². The predicted molar refractivity (Wildman–Crippen MR) is 110 cm³/mol. The second-order valence-electron chi connectivity index (χ2n) is 5.72. The predicted octanol–water partition coefficient (Wildman–Crippen LogP) is 4.50. The van der Waals surface area contributed by atoms with E-state index in [1.165, 1.54) is 36.1 Å². The van der Waals surface area contributed by atoms with Crippen LogP contribution in [0.25, 0.3) is 0 Å². The molecule has 1 aromatic heterocycles. The normalized spacial score (nSPS) is 10.4. The number of nitro benzene ring substituents is 1. The number of nitrogens with one attached hydrogen (secondary N) is 1. The van der Waals surface area contributed by atoms with Crippen molar-refractivity contribution in [1.29, 1.82) is 0 Å². The summed E-state index contributed by atoms with van der Waals surface area (Å²) in [7, 11) is 1.38. The number of rotatable bonds is 7. The molecule has 0 fully saturated rings. The molecule has 0 aliphatic carbocycles. The average Bonchev–Trinajstić information content (AvgIpc) is 3.16. The minimum atomic E-state index is -0.572. The smallest absolute Gasteiger partial charge is 0.276 e. The first-order valence-electron chi connectivity index (χ1n) is 8.12. The van der Waals surface area contributed by atoms with Crippen molar-refractivity contribution in [3.8, 4) is 11.5 Å². The van der Waals surface area contributed by atoms with Crippen LogP contribution in [-0.4, -0.2) is 27.7 Å². The lowest BCUT2D eigenvalue weighted by molar-refractivity contribution is -0.384. The maximum absolute atomic E-state index is 12.4. The Morgan fingerprint density at radius 1 is 1.31 bits per heavy atom. The van der Waals surface area contributed by atoms with Crippen LogP contribution in [0.2, 0.25) is 5.02 Å². The lowest BCUT2D eigenvalue weighted by Gasteiger charge is -2.08. The molecule has 0 saturated carbocycles. The van der Waals surface area contributed by atoms with Gasteiger partial charge in [0.05, 0.1) is 28.8 Å². The molecule has 9 nitrogen and oxygen atoms in total. The fraction of sp³-hybridized carbons (Fsp3) is 0.111. The SMILES string of the molecule is COc1cc(NC(=O)c2ccn(COc3ccc(Br)cc3Cl)n2)cc([N+](=O)[O-])c1. The largest absolute Gasteiger partial charge is 0.496 e. The number of hydrogen-bond acceptors (Lipinski definition) is 6. The van der Waals surface area contributed by atoms with Crippen LogP contribution >= 0.6 is 27.5 Å². The number of anilines is 1. The van der Waals surface area contributed by atoms with Crippen molar-refractivity contribution in [1.82, 2.24) is 9.78 Å². The molecule has 0 aliphatic heterocycles. The zero-order valence-corrected chi connectivity index (χ0v) is 17.3. The first kappa shape index (κ1) is 20.6. The number of aromatic nitrogens is 2. The van der Waals surface area contributed by atoms with Crippen molar-refractivity contribution in [3.05, 3.63) is 74.0 Å². The van der Waals surface area contributed by atoms with Crippen LogP contribution in [0.15, 0.2) is 53.1 Å². The zero-order chi connectivity index (χ0) is 21.0. The van der Waals surface area contributed by atoms with E-state index in [-0.39, 0.29) is 29.5 Å². The van der Waals surface area contributed by atoms with E-state index in [9.17, 15) is 14.9 Å². The van der Waals surface area contributed by atoms with Gasteiger partial charge < -0.3 is 14.8 Å². The number of benzene rings is 2.